The summed E-state index contributed by atoms with van der Waals surface area (Å²) in [5, 5.41) is 1.08. The van der Waals surface area contributed by atoms with Crippen LogP contribution >= 0.6 is 0 Å². The lowest BCUT2D eigenvalue weighted by Crippen LogP contribution is -2.05. The fourth-order valence-corrected chi connectivity index (χ4v) is 10.3. The lowest BCUT2D eigenvalue weighted by molar-refractivity contribution is 0.287. The molecule has 0 fully saturated rings. The summed E-state index contributed by atoms with van der Waals surface area (Å²) >= 11 is 0. The van der Waals surface area contributed by atoms with E-state index in [-0.39, 0.29) is 10.9 Å². The molecule has 0 atom stereocenters. The Hall–Kier alpha value is -6.68. The van der Waals surface area contributed by atoms with Crippen LogP contribution in [0.1, 0.15) is 194 Å². The average molecular weight is 1120 g/mol. The number of benzene rings is 5. The summed E-state index contributed by atoms with van der Waals surface area (Å²) in [6, 6.07) is 34.4. The van der Waals surface area contributed by atoms with E-state index >= 15 is 0 Å². The van der Waals surface area contributed by atoms with Crippen LogP contribution in [0.2, 0.25) is 0 Å². The minimum atomic E-state index is -0.0553. The summed E-state index contributed by atoms with van der Waals surface area (Å²) in [7, 11) is 0. The summed E-state index contributed by atoms with van der Waals surface area (Å²) < 4.78 is 48.0. The molecule has 10 nitrogen and oxygen atoms in total. The summed E-state index contributed by atoms with van der Waals surface area (Å²) in [4.78, 5) is 26.9. The molecule has 0 aliphatic rings. The number of rotatable bonds is 44. The molecule has 0 aliphatic heterocycles. The van der Waals surface area contributed by atoms with Gasteiger partial charge in [-0.25, -0.2) is 0 Å². The number of hydrogen-bond acceptors (Lipinski definition) is 10. The van der Waals surface area contributed by atoms with Crippen molar-refractivity contribution in [2.24, 2.45) is 0 Å². The van der Waals surface area contributed by atoms with E-state index in [1.54, 1.807) is 24.7 Å². The molecule has 7 rings (SSSR count). The van der Waals surface area contributed by atoms with Crippen LogP contribution in [-0.4, -0.2) is 39.6 Å². The molecule has 82 heavy (non-hydrogen) atoms. The fourth-order valence-electron chi connectivity index (χ4n) is 10.3. The Morgan fingerprint density at radius 1 is 0.293 bits per heavy atom. The third-order valence-corrected chi connectivity index (χ3v) is 15.3. The second-order valence-electron chi connectivity index (χ2n) is 22.1. The van der Waals surface area contributed by atoms with E-state index in [1.165, 1.54) is 89.9 Å². The zero-order valence-electron chi connectivity index (χ0n) is 49.7. The maximum Gasteiger partial charge on any atom is 0.200 e. The number of fused-ring (bicyclic) bond motifs is 2. The number of unbranched alkanes of at least 4 members (excludes halogenated alkanes) is 24. The van der Waals surface area contributed by atoms with Gasteiger partial charge in [0.15, 0.2) is 10.9 Å². The van der Waals surface area contributed by atoms with Crippen molar-refractivity contribution < 1.29 is 37.3 Å². The van der Waals surface area contributed by atoms with Crippen LogP contribution in [0.3, 0.4) is 0 Å². The highest BCUT2D eigenvalue weighted by Crippen LogP contribution is 2.28. The van der Waals surface area contributed by atoms with Crippen LogP contribution < -0.4 is 39.3 Å². The maximum atomic E-state index is 13.4. The average Bonchev–Trinajstić information content (AvgIpc) is 3.60. The monoisotopic (exact) mass is 1120 g/mol. The standard InChI is InChI=1S/C72H94O10/c1-3-5-7-9-11-13-19-25-46-75-59-38-34-57(35-39-59)67-55-81-69-53-63(42-44-65(69)71(67)73)79-50-29-23-17-15-21-27-48-77-61-32-31-33-62(52-61)78-49-28-22-16-18-24-30-51-80-64-43-45-66-70(54-64)82-56-68(72(66)74)58-36-40-60(41-37-58)76-47-26-20-14-12-10-8-6-4-2/h31-45,52-56H,3-30,46-51H2,1-2H3. The lowest BCUT2D eigenvalue weighted by Gasteiger charge is -2.10. The van der Waals surface area contributed by atoms with Gasteiger partial charge < -0.3 is 37.3 Å². The van der Waals surface area contributed by atoms with Crippen molar-refractivity contribution in [1.82, 2.24) is 0 Å². The normalized spacial score (nSPS) is 11.3. The predicted octanol–water partition coefficient (Wildman–Crippen LogP) is 19.9. The molecule has 0 aliphatic carbocycles. The Balaban J connectivity index is 0.667. The van der Waals surface area contributed by atoms with Crippen molar-refractivity contribution >= 4 is 21.9 Å². The molecule has 7 aromatic rings. The molecule has 2 aromatic heterocycles. The van der Waals surface area contributed by atoms with Crippen LogP contribution in [0.15, 0.2) is 140 Å². The first-order valence-corrected chi connectivity index (χ1v) is 31.7. The van der Waals surface area contributed by atoms with E-state index in [4.69, 9.17) is 37.3 Å². The molecule has 0 bridgehead atoms. The van der Waals surface area contributed by atoms with Gasteiger partial charge in [0.25, 0.3) is 0 Å². The zero-order chi connectivity index (χ0) is 57.1. The molecule has 0 amide bonds. The topological polar surface area (TPSA) is 116 Å². The van der Waals surface area contributed by atoms with E-state index in [0.717, 1.165) is 124 Å². The van der Waals surface area contributed by atoms with Crippen molar-refractivity contribution in [2.45, 2.75) is 194 Å². The van der Waals surface area contributed by atoms with E-state index < -0.39 is 0 Å². The van der Waals surface area contributed by atoms with Crippen molar-refractivity contribution in [3.05, 3.63) is 142 Å². The van der Waals surface area contributed by atoms with Crippen molar-refractivity contribution in [3.8, 4) is 56.8 Å². The molecule has 2 heterocycles. The maximum absolute atomic E-state index is 13.4. The zero-order valence-corrected chi connectivity index (χ0v) is 49.7. The van der Waals surface area contributed by atoms with Crippen LogP contribution in [0.5, 0.6) is 34.5 Å². The van der Waals surface area contributed by atoms with Gasteiger partial charge in [0, 0.05) is 18.2 Å². The Labute approximate surface area is 489 Å². The molecule has 0 N–H and O–H groups in total. The summed E-state index contributed by atoms with van der Waals surface area (Å²) in [6.45, 7) is 8.54. The summed E-state index contributed by atoms with van der Waals surface area (Å²) in [5.74, 6) is 4.75. The lowest BCUT2D eigenvalue weighted by atomic mass is 10.1. The highest BCUT2D eigenvalue weighted by Gasteiger charge is 2.13. The highest BCUT2D eigenvalue weighted by atomic mass is 16.5. The van der Waals surface area contributed by atoms with E-state index in [9.17, 15) is 9.59 Å². The minimum absolute atomic E-state index is 0.0553. The van der Waals surface area contributed by atoms with Crippen molar-refractivity contribution in [3.63, 3.8) is 0 Å². The third-order valence-electron chi connectivity index (χ3n) is 15.3. The number of hydrogen-bond donors (Lipinski definition) is 0. The first kappa shape index (κ1) is 62.9. The van der Waals surface area contributed by atoms with Crippen LogP contribution in [0.4, 0.5) is 0 Å². The largest absolute Gasteiger partial charge is 0.494 e. The molecule has 0 saturated heterocycles. The van der Waals surface area contributed by atoms with E-state index in [2.05, 4.69) is 13.8 Å². The number of ether oxygens (including phenoxy) is 6. The molecule has 0 unspecified atom stereocenters. The SMILES string of the molecule is CCCCCCCCCCOc1ccc(-c2coc3cc(OCCCCCCCCOc4cccc(OCCCCCCCCOc5ccc6c(=O)c(-c7ccc(OCCCCCCCCCC)cc7)coc6c5)c4)ccc3c2=O)cc1. The summed E-state index contributed by atoms with van der Waals surface area (Å²) in [5.41, 5.74) is 3.64. The van der Waals surface area contributed by atoms with Gasteiger partial charge in [-0.05, 0) is 110 Å². The first-order valence-electron chi connectivity index (χ1n) is 31.7. The van der Waals surface area contributed by atoms with Gasteiger partial charge in [0.2, 0.25) is 0 Å². The third kappa shape index (κ3) is 22.2. The van der Waals surface area contributed by atoms with Crippen LogP contribution in [-0.2, 0) is 0 Å². The molecule has 5 aromatic carbocycles. The molecule has 10 heteroatoms. The van der Waals surface area contributed by atoms with Gasteiger partial charge in [-0.2, -0.15) is 0 Å². The van der Waals surface area contributed by atoms with Gasteiger partial charge >= 0.3 is 0 Å². The van der Waals surface area contributed by atoms with Crippen LogP contribution in [0, 0.1) is 0 Å². The van der Waals surface area contributed by atoms with E-state index in [0.29, 0.717) is 84.2 Å². The van der Waals surface area contributed by atoms with Gasteiger partial charge in [-0.15, -0.1) is 0 Å². The Kier molecular flexibility index (Phi) is 28.7. The fraction of sp³-hybridized carbons (Fsp3) is 0.500. The molecule has 0 saturated carbocycles. The minimum Gasteiger partial charge on any atom is -0.494 e. The highest BCUT2D eigenvalue weighted by molar-refractivity contribution is 5.83. The van der Waals surface area contributed by atoms with E-state index in [1.807, 2.05) is 97.1 Å². The van der Waals surface area contributed by atoms with Crippen molar-refractivity contribution in [1.29, 1.82) is 0 Å². The molecular weight excluding hydrogens is 1020 g/mol. The van der Waals surface area contributed by atoms with Gasteiger partial charge in [-0.1, -0.05) is 185 Å². The first-order chi connectivity index (χ1) is 40.5. The molecular formula is C72H94O10. The second-order valence-corrected chi connectivity index (χ2v) is 22.1. The van der Waals surface area contributed by atoms with Gasteiger partial charge in [-0.3, -0.25) is 9.59 Å². The second kappa shape index (κ2) is 37.4. The Morgan fingerprint density at radius 2 is 0.561 bits per heavy atom. The Bertz CT molecular complexity index is 2780. The van der Waals surface area contributed by atoms with Crippen LogP contribution in [0.25, 0.3) is 44.2 Å². The smallest absolute Gasteiger partial charge is 0.200 e. The van der Waals surface area contributed by atoms with Gasteiger partial charge in [0.05, 0.1) is 61.5 Å². The summed E-state index contributed by atoms with van der Waals surface area (Å²) in [6.07, 6.45) is 36.4. The molecule has 0 spiro atoms. The molecule has 442 valence electrons. The van der Waals surface area contributed by atoms with Gasteiger partial charge in [0.1, 0.15) is 58.2 Å². The predicted molar refractivity (Wildman–Crippen MR) is 336 cm³/mol. The Morgan fingerprint density at radius 3 is 0.878 bits per heavy atom. The molecule has 0 radical (unpaired) electrons. The quantitative estimate of drug-likeness (QED) is 0.0342. The van der Waals surface area contributed by atoms with Crippen molar-refractivity contribution in [2.75, 3.05) is 39.6 Å².